The van der Waals surface area contributed by atoms with Gasteiger partial charge >= 0.3 is 5.69 Å². The molecule has 0 aliphatic heterocycles. The largest absolute Gasteiger partial charge is 0.497 e. The van der Waals surface area contributed by atoms with Crippen LogP contribution in [-0.2, 0) is 0 Å². The molecule has 0 unspecified atom stereocenters. The Morgan fingerprint density at radius 2 is 1.86 bits per heavy atom. The van der Waals surface area contributed by atoms with Gasteiger partial charge in [-0.2, -0.15) is 0 Å². The summed E-state index contributed by atoms with van der Waals surface area (Å²) in [6, 6.07) is 10.8. The highest BCUT2D eigenvalue weighted by molar-refractivity contribution is 5.95. The Morgan fingerprint density at radius 1 is 1.14 bits per heavy atom. The Hall–Kier alpha value is -2.89. The summed E-state index contributed by atoms with van der Waals surface area (Å²) in [5.41, 5.74) is 0.00483. The minimum atomic E-state index is -0.581. The molecule has 6 nitrogen and oxygen atoms in total. The van der Waals surface area contributed by atoms with E-state index in [1.54, 1.807) is 24.3 Å². The molecule has 2 aromatic carbocycles. The number of rotatable bonds is 5. The molecule has 0 bridgehead atoms. The van der Waals surface area contributed by atoms with Crippen LogP contribution in [0.1, 0.15) is 17.3 Å². The highest BCUT2D eigenvalue weighted by Crippen LogP contribution is 2.33. The summed E-state index contributed by atoms with van der Waals surface area (Å²) in [4.78, 5) is 21.8. The molecule has 6 heteroatoms. The number of benzene rings is 2. The molecule has 0 saturated heterocycles. The molecule has 0 heterocycles. The molecule has 0 aromatic heterocycles. The van der Waals surface area contributed by atoms with E-state index in [1.807, 2.05) is 0 Å². The summed E-state index contributed by atoms with van der Waals surface area (Å²) >= 11 is 0. The maximum absolute atomic E-state index is 11.3. The predicted octanol–water partition coefficient (Wildman–Crippen LogP) is 3.60. The molecule has 0 amide bonds. The summed E-state index contributed by atoms with van der Waals surface area (Å²) in [5, 5.41) is 11.1. The summed E-state index contributed by atoms with van der Waals surface area (Å²) in [7, 11) is 1.52. The van der Waals surface area contributed by atoms with Gasteiger partial charge in [0.05, 0.1) is 12.0 Å². The lowest BCUT2D eigenvalue weighted by Gasteiger charge is -2.08. The second-order valence-corrected chi connectivity index (χ2v) is 4.28. The number of methoxy groups -OCH3 is 1. The third-order valence-electron chi connectivity index (χ3n) is 2.83. The number of hydrogen-bond donors (Lipinski definition) is 0. The van der Waals surface area contributed by atoms with Crippen molar-refractivity contribution in [3.8, 4) is 17.2 Å². The molecule has 0 radical (unpaired) electrons. The van der Waals surface area contributed by atoms with Gasteiger partial charge in [0.1, 0.15) is 11.5 Å². The molecule has 2 aromatic rings. The van der Waals surface area contributed by atoms with Gasteiger partial charge in [0.25, 0.3) is 0 Å². The van der Waals surface area contributed by atoms with Gasteiger partial charge in [0.15, 0.2) is 5.78 Å². The molecule has 108 valence electrons. The lowest BCUT2D eigenvalue weighted by molar-refractivity contribution is -0.385. The van der Waals surface area contributed by atoms with Crippen molar-refractivity contribution in [3.05, 3.63) is 58.1 Å². The average Bonchev–Trinajstić information content (AvgIpc) is 2.47. The van der Waals surface area contributed by atoms with Crippen LogP contribution in [-0.4, -0.2) is 17.8 Å². The van der Waals surface area contributed by atoms with Crippen LogP contribution in [0.4, 0.5) is 5.69 Å². The van der Waals surface area contributed by atoms with Crippen molar-refractivity contribution in [3.63, 3.8) is 0 Å². The molecule has 0 spiro atoms. The smallest absolute Gasteiger partial charge is 0.312 e. The van der Waals surface area contributed by atoms with Gasteiger partial charge in [-0.3, -0.25) is 14.9 Å². The quantitative estimate of drug-likeness (QED) is 0.477. The second-order valence-electron chi connectivity index (χ2n) is 4.28. The highest BCUT2D eigenvalue weighted by atomic mass is 16.6. The Morgan fingerprint density at radius 3 is 2.48 bits per heavy atom. The van der Waals surface area contributed by atoms with Gasteiger partial charge < -0.3 is 9.47 Å². The Balaban J connectivity index is 2.38. The van der Waals surface area contributed by atoms with Crippen LogP contribution in [0, 0.1) is 10.1 Å². The molecule has 0 saturated carbocycles. The van der Waals surface area contributed by atoms with Crippen molar-refractivity contribution in [1.29, 1.82) is 0 Å². The number of nitrogens with zero attached hydrogens (tertiary/aromatic N) is 1. The standard InChI is InChI=1S/C15H13NO5/c1-10(17)11-6-7-15(14(8-11)16(18)19)21-13-5-3-4-12(9-13)20-2/h3-9H,1-2H3. The monoisotopic (exact) mass is 287 g/mol. The van der Waals surface area contributed by atoms with Crippen LogP contribution >= 0.6 is 0 Å². The van der Waals surface area contributed by atoms with E-state index in [1.165, 1.54) is 32.2 Å². The molecule has 2 rings (SSSR count). The maximum Gasteiger partial charge on any atom is 0.312 e. The Kier molecular flexibility index (Phi) is 4.18. The van der Waals surface area contributed by atoms with Crippen LogP contribution in [0.2, 0.25) is 0 Å². The number of nitro benzene ring substituents is 1. The minimum absolute atomic E-state index is 0.0678. The SMILES string of the molecule is COc1cccc(Oc2ccc(C(C)=O)cc2[N+](=O)[O-])c1. The number of hydrogen-bond acceptors (Lipinski definition) is 5. The van der Waals surface area contributed by atoms with E-state index in [2.05, 4.69) is 0 Å². The summed E-state index contributed by atoms with van der Waals surface area (Å²) in [5.74, 6) is 0.813. The second kappa shape index (κ2) is 6.04. The zero-order chi connectivity index (χ0) is 15.4. The number of ether oxygens (including phenoxy) is 2. The van der Waals surface area contributed by atoms with Crippen molar-refractivity contribution in [1.82, 2.24) is 0 Å². The molecule has 21 heavy (non-hydrogen) atoms. The maximum atomic E-state index is 11.3. The minimum Gasteiger partial charge on any atom is -0.497 e. The van der Waals surface area contributed by atoms with Crippen molar-refractivity contribution in [2.24, 2.45) is 0 Å². The van der Waals surface area contributed by atoms with Crippen LogP contribution in [0.15, 0.2) is 42.5 Å². The molecule has 0 fully saturated rings. The molecular weight excluding hydrogens is 274 g/mol. The van der Waals surface area contributed by atoms with Gasteiger partial charge in [-0.1, -0.05) is 6.07 Å². The van der Waals surface area contributed by atoms with E-state index in [0.717, 1.165) is 0 Å². The van der Waals surface area contributed by atoms with Crippen molar-refractivity contribution in [2.45, 2.75) is 6.92 Å². The lowest BCUT2D eigenvalue weighted by Crippen LogP contribution is -1.98. The molecule has 0 atom stereocenters. The van der Waals surface area contributed by atoms with Gasteiger partial charge in [-0.25, -0.2) is 0 Å². The first-order chi connectivity index (χ1) is 10.0. The summed E-state index contributed by atoms with van der Waals surface area (Å²) in [6.45, 7) is 1.35. The molecule has 0 N–H and O–H groups in total. The fourth-order valence-corrected chi connectivity index (χ4v) is 1.76. The number of ketones is 1. The zero-order valence-corrected chi connectivity index (χ0v) is 11.5. The fourth-order valence-electron chi connectivity index (χ4n) is 1.76. The van der Waals surface area contributed by atoms with Crippen LogP contribution < -0.4 is 9.47 Å². The van der Waals surface area contributed by atoms with Crippen LogP contribution in [0.25, 0.3) is 0 Å². The first-order valence-electron chi connectivity index (χ1n) is 6.12. The molecular formula is C15H13NO5. The summed E-state index contributed by atoms with van der Waals surface area (Å²) < 4.78 is 10.6. The van der Waals surface area contributed by atoms with Gasteiger partial charge in [0, 0.05) is 17.7 Å². The van der Waals surface area contributed by atoms with Crippen LogP contribution in [0.5, 0.6) is 17.2 Å². The van der Waals surface area contributed by atoms with E-state index in [9.17, 15) is 14.9 Å². The van der Waals surface area contributed by atoms with E-state index in [4.69, 9.17) is 9.47 Å². The number of carbonyl (C=O) groups is 1. The Labute approximate surface area is 121 Å². The van der Waals surface area contributed by atoms with Gasteiger partial charge in [0.2, 0.25) is 5.75 Å². The van der Waals surface area contributed by atoms with Crippen LogP contribution in [0.3, 0.4) is 0 Å². The topological polar surface area (TPSA) is 78.7 Å². The number of Topliss-reactive ketones (excluding diaryl/α,β-unsaturated/α-hetero) is 1. The van der Waals surface area contributed by atoms with Gasteiger partial charge in [-0.15, -0.1) is 0 Å². The van der Waals surface area contributed by atoms with E-state index < -0.39 is 4.92 Å². The van der Waals surface area contributed by atoms with E-state index in [-0.39, 0.29) is 22.8 Å². The third-order valence-corrected chi connectivity index (χ3v) is 2.83. The normalized spacial score (nSPS) is 10.0. The Bertz CT molecular complexity index is 696. The highest BCUT2D eigenvalue weighted by Gasteiger charge is 2.18. The predicted molar refractivity (Wildman–Crippen MR) is 76.2 cm³/mol. The summed E-state index contributed by atoms with van der Waals surface area (Å²) in [6.07, 6.45) is 0. The fraction of sp³-hybridized carbons (Fsp3) is 0.133. The van der Waals surface area contributed by atoms with E-state index in [0.29, 0.717) is 11.5 Å². The lowest BCUT2D eigenvalue weighted by atomic mass is 10.1. The first-order valence-corrected chi connectivity index (χ1v) is 6.12. The van der Waals surface area contributed by atoms with Gasteiger partial charge in [-0.05, 0) is 31.2 Å². The zero-order valence-electron chi connectivity index (χ0n) is 11.5. The average molecular weight is 287 g/mol. The van der Waals surface area contributed by atoms with Crippen molar-refractivity contribution < 1.29 is 19.2 Å². The number of nitro groups is 1. The molecule has 0 aliphatic rings. The first kappa shape index (κ1) is 14.5. The van der Waals surface area contributed by atoms with E-state index >= 15 is 0 Å². The van der Waals surface area contributed by atoms with Crippen molar-refractivity contribution in [2.75, 3.05) is 7.11 Å². The number of carbonyl (C=O) groups excluding carboxylic acids is 1. The third kappa shape index (κ3) is 3.36. The van der Waals surface area contributed by atoms with Crippen molar-refractivity contribution >= 4 is 11.5 Å². The molecule has 0 aliphatic carbocycles.